The first kappa shape index (κ1) is 9.33. The Morgan fingerprint density at radius 2 is 2.12 bits per heavy atom. The van der Waals surface area contributed by atoms with Crippen LogP contribution in [0.15, 0.2) is 23.2 Å². The van der Waals surface area contributed by atoms with Crippen molar-refractivity contribution in [3.8, 4) is 5.75 Å². The van der Waals surface area contributed by atoms with Gasteiger partial charge in [-0.1, -0.05) is 0 Å². The Kier molecular flexibility index (Phi) is 1.78. The number of benzene rings is 1. The largest absolute Gasteiger partial charge is 0.489 e. The highest BCUT2D eigenvalue weighted by Gasteiger charge is 2.15. The molecule has 0 atom stereocenters. The van der Waals surface area contributed by atoms with E-state index in [9.17, 15) is 4.79 Å². The second-order valence-corrected chi connectivity index (χ2v) is 4.21. The van der Waals surface area contributed by atoms with Gasteiger partial charge in [-0.3, -0.25) is 4.79 Å². The average Bonchev–Trinajstić information content (AvgIpc) is 2.57. The number of fused-ring (bicyclic) bond motifs is 2. The van der Waals surface area contributed by atoms with Gasteiger partial charge >= 0.3 is 0 Å². The lowest BCUT2D eigenvalue weighted by Gasteiger charge is -2.07. The zero-order valence-corrected chi connectivity index (χ0v) is 9.20. The quantitative estimate of drug-likeness (QED) is 0.639. The van der Waals surface area contributed by atoms with E-state index < -0.39 is 0 Å². The fraction of sp³-hybridized carbons (Fsp3) is 0.231. The van der Waals surface area contributed by atoms with Crippen LogP contribution in [0.2, 0.25) is 0 Å². The van der Waals surface area contributed by atoms with Crippen LogP contribution in [-0.4, -0.2) is 12.5 Å². The Bertz CT molecular complexity index is 653. The van der Waals surface area contributed by atoms with Crippen molar-refractivity contribution in [2.24, 2.45) is 4.99 Å². The predicted octanol–water partition coefficient (Wildman–Crippen LogP) is 0.813. The van der Waals surface area contributed by atoms with E-state index in [1.165, 1.54) is 5.57 Å². The molecule has 3 heteroatoms. The van der Waals surface area contributed by atoms with Crippen molar-refractivity contribution < 1.29 is 9.53 Å². The topological polar surface area (TPSA) is 38.7 Å². The number of carbonyl (C=O) groups excluding carboxylic acids is 1. The lowest BCUT2D eigenvalue weighted by Crippen LogP contribution is -2.19. The maximum Gasteiger partial charge on any atom is 0.270 e. The van der Waals surface area contributed by atoms with Crippen LogP contribution < -0.4 is 15.3 Å². The molecule has 0 aromatic heterocycles. The van der Waals surface area contributed by atoms with E-state index in [1.54, 1.807) is 6.08 Å². The molecule has 2 heterocycles. The number of carbonyl (C=O) groups is 1. The third kappa shape index (κ3) is 1.21. The summed E-state index contributed by atoms with van der Waals surface area (Å²) < 4.78 is 5.52. The Morgan fingerprint density at radius 3 is 2.94 bits per heavy atom. The number of ether oxygens (including phenoxy) is 1. The van der Waals surface area contributed by atoms with Gasteiger partial charge in [-0.2, -0.15) is 0 Å². The second-order valence-electron chi connectivity index (χ2n) is 4.21. The van der Waals surface area contributed by atoms with Crippen molar-refractivity contribution in [2.75, 3.05) is 6.61 Å². The number of amides is 1. The third-order valence-corrected chi connectivity index (χ3v) is 3.00. The number of hydrogen-bond acceptors (Lipinski definition) is 2. The van der Waals surface area contributed by atoms with Crippen LogP contribution in [0, 0.1) is 0 Å². The Hall–Kier alpha value is -1.90. The molecule has 80 valence electrons. The minimum absolute atomic E-state index is 0.191. The number of rotatable bonds is 0. The van der Waals surface area contributed by atoms with Crippen molar-refractivity contribution in [1.29, 1.82) is 0 Å². The zero-order valence-electron chi connectivity index (χ0n) is 9.20. The van der Waals surface area contributed by atoms with Gasteiger partial charge < -0.3 is 4.74 Å². The lowest BCUT2D eigenvalue weighted by molar-refractivity contribution is -0.113. The molecule has 0 saturated heterocycles. The van der Waals surface area contributed by atoms with Gasteiger partial charge in [0.25, 0.3) is 5.91 Å². The Morgan fingerprint density at radius 1 is 1.31 bits per heavy atom. The van der Waals surface area contributed by atoms with Crippen molar-refractivity contribution in [3.05, 3.63) is 34.3 Å². The Balaban J connectivity index is 2.41. The molecule has 2 aliphatic rings. The Labute approximate surface area is 92.8 Å². The van der Waals surface area contributed by atoms with Gasteiger partial charge in [0, 0.05) is 22.9 Å². The first-order valence-corrected chi connectivity index (χ1v) is 5.23. The molecule has 0 spiro atoms. The molecule has 0 N–H and O–H groups in total. The molecule has 1 aromatic rings. The number of nitrogens with zero attached hydrogens (tertiary/aromatic N) is 1. The molecule has 1 amide bonds. The van der Waals surface area contributed by atoms with Crippen LogP contribution in [0.1, 0.15) is 19.4 Å². The normalized spacial score (nSPS) is 17.2. The molecule has 0 fully saturated rings. The molecule has 2 aliphatic heterocycles. The highest BCUT2D eigenvalue weighted by Crippen LogP contribution is 2.17. The molecular formula is C13H11NO2. The lowest BCUT2D eigenvalue weighted by atomic mass is 10.0. The van der Waals surface area contributed by atoms with Crippen LogP contribution in [0.4, 0.5) is 0 Å². The number of hydrogen-bond donors (Lipinski definition) is 0. The highest BCUT2D eigenvalue weighted by atomic mass is 16.5. The zero-order chi connectivity index (χ0) is 11.3. The summed E-state index contributed by atoms with van der Waals surface area (Å²) in [4.78, 5) is 15.3. The summed E-state index contributed by atoms with van der Waals surface area (Å²) in [7, 11) is 0. The minimum atomic E-state index is -0.191. The SMILES string of the molecule is CC1=CC(=O)N=c2cc3c(cc21)=C(C)CO3. The van der Waals surface area contributed by atoms with E-state index >= 15 is 0 Å². The highest BCUT2D eigenvalue weighted by molar-refractivity contribution is 5.97. The van der Waals surface area contributed by atoms with Crippen molar-refractivity contribution in [1.82, 2.24) is 0 Å². The van der Waals surface area contributed by atoms with E-state index in [2.05, 4.69) is 18.0 Å². The average molecular weight is 213 g/mol. The number of allylic oxidation sites excluding steroid dienone is 1. The summed E-state index contributed by atoms with van der Waals surface area (Å²) >= 11 is 0. The monoisotopic (exact) mass is 213 g/mol. The fourth-order valence-electron chi connectivity index (χ4n) is 2.11. The maximum absolute atomic E-state index is 11.3. The van der Waals surface area contributed by atoms with E-state index in [1.807, 2.05) is 13.0 Å². The van der Waals surface area contributed by atoms with E-state index in [4.69, 9.17) is 4.74 Å². The third-order valence-electron chi connectivity index (χ3n) is 3.00. The first-order valence-electron chi connectivity index (χ1n) is 5.23. The molecule has 16 heavy (non-hydrogen) atoms. The van der Waals surface area contributed by atoms with Gasteiger partial charge in [-0.05, 0) is 31.1 Å². The first-order chi connectivity index (χ1) is 7.65. The van der Waals surface area contributed by atoms with Gasteiger partial charge in [0.05, 0.1) is 5.36 Å². The smallest absolute Gasteiger partial charge is 0.270 e. The predicted molar refractivity (Wildman–Crippen MR) is 60.5 cm³/mol. The van der Waals surface area contributed by atoms with Crippen molar-refractivity contribution in [3.63, 3.8) is 0 Å². The summed E-state index contributed by atoms with van der Waals surface area (Å²) in [5, 5.41) is 1.86. The van der Waals surface area contributed by atoms with Gasteiger partial charge in [0.15, 0.2) is 0 Å². The summed E-state index contributed by atoms with van der Waals surface area (Å²) in [5.41, 5.74) is 3.23. The summed E-state index contributed by atoms with van der Waals surface area (Å²) in [6, 6.07) is 3.92. The van der Waals surface area contributed by atoms with Crippen LogP contribution >= 0.6 is 0 Å². The fourth-order valence-corrected chi connectivity index (χ4v) is 2.11. The van der Waals surface area contributed by atoms with Crippen LogP contribution in [0.5, 0.6) is 5.75 Å². The summed E-state index contributed by atoms with van der Waals surface area (Å²) in [5.74, 6) is 0.645. The van der Waals surface area contributed by atoms with Crippen molar-refractivity contribution >= 4 is 17.1 Å². The standard InChI is InChI=1S/C13H11NO2/c1-7-3-13(15)14-11-5-12-10(4-9(7)11)8(2)6-16-12/h3-5H,6H2,1-2H3. The minimum Gasteiger partial charge on any atom is -0.489 e. The van der Waals surface area contributed by atoms with Crippen LogP contribution in [0.3, 0.4) is 0 Å². The molecule has 0 bridgehead atoms. The van der Waals surface area contributed by atoms with E-state index in [0.29, 0.717) is 6.61 Å². The van der Waals surface area contributed by atoms with Crippen LogP contribution in [-0.2, 0) is 4.79 Å². The molecule has 0 unspecified atom stereocenters. The van der Waals surface area contributed by atoms with E-state index in [-0.39, 0.29) is 5.91 Å². The molecule has 0 saturated carbocycles. The second kappa shape index (κ2) is 3.04. The van der Waals surface area contributed by atoms with Gasteiger partial charge in [0.2, 0.25) is 0 Å². The molecule has 1 aromatic carbocycles. The molecule has 0 radical (unpaired) electrons. The van der Waals surface area contributed by atoms with Crippen LogP contribution in [0.25, 0.3) is 11.1 Å². The molecule has 3 nitrogen and oxygen atoms in total. The van der Waals surface area contributed by atoms with Gasteiger partial charge in [-0.15, -0.1) is 0 Å². The molecular weight excluding hydrogens is 202 g/mol. The van der Waals surface area contributed by atoms with Gasteiger partial charge in [0.1, 0.15) is 12.4 Å². The molecule has 3 rings (SSSR count). The maximum atomic E-state index is 11.3. The summed E-state index contributed by atoms with van der Waals surface area (Å²) in [6.07, 6.45) is 1.57. The summed E-state index contributed by atoms with van der Waals surface area (Å²) in [6.45, 7) is 4.63. The van der Waals surface area contributed by atoms with Gasteiger partial charge in [-0.25, -0.2) is 4.99 Å². The van der Waals surface area contributed by atoms with Crippen molar-refractivity contribution in [2.45, 2.75) is 13.8 Å². The van der Waals surface area contributed by atoms with E-state index in [0.717, 1.165) is 27.5 Å². The molecule has 0 aliphatic carbocycles.